The fourth-order valence-corrected chi connectivity index (χ4v) is 3.96. The van der Waals surface area contributed by atoms with Gasteiger partial charge in [0.25, 0.3) is 11.8 Å². The first-order valence-corrected chi connectivity index (χ1v) is 11.7. The number of benzene rings is 2. The molecule has 1 atom stereocenters. The average molecular weight is 472 g/mol. The van der Waals surface area contributed by atoms with Crippen LogP contribution in [-0.2, 0) is 16.1 Å². The molecule has 35 heavy (non-hydrogen) atoms. The number of nitrogens with one attached hydrogen (secondary N) is 1. The zero-order valence-corrected chi connectivity index (χ0v) is 20.2. The number of rotatable bonds is 8. The Bertz CT molecular complexity index is 1270. The van der Waals surface area contributed by atoms with Crippen LogP contribution in [0.25, 0.3) is 6.08 Å². The summed E-state index contributed by atoms with van der Waals surface area (Å²) in [7, 11) is 0. The summed E-state index contributed by atoms with van der Waals surface area (Å²) in [6, 6.07) is 18.0. The van der Waals surface area contributed by atoms with Crippen LogP contribution in [0, 0.1) is 6.92 Å². The Morgan fingerprint density at radius 2 is 1.80 bits per heavy atom. The van der Waals surface area contributed by atoms with Gasteiger partial charge in [0.05, 0.1) is 12.2 Å². The van der Waals surface area contributed by atoms with Crippen LogP contribution < -0.4 is 15.0 Å². The smallest absolute Gasteiger partial charge is 0.335 e. The number of imide groups is 2. The average Bonchev–Trinajstić information content (AvgIpc) is 3.28. The third kappa shape index (κ3) is 5.35. The molecule has 1 fully saturated rings. The van der Waals surface area contributed by atoms with Gasteiger partial charge in [0.2, 0.25) is 0 Å². The van der Waals surface area contributed by atoms with Crippen LogP contribution in [0.3, 0.4) is 0 Å². The fraction of sp³-hybridized carbons (Fsp3) is 0.250. The number of hydrogen-bond acceptors (Lipinski definition) is 4. The zero-order valence-electron chi connectivity index (χ0n) is 20.2. The Labute approximate surface area is 205 Å². The lowest BCUT2D eigenvalue weighted by Gasteiger charge is -2.26. The van der Waals surface area contributed by atoms with Gasteiger partial charge in [-0.25, -0.2) is 9.69 Å². The number of anilines is 1. The topological polar surface area (TPSA) is 80.6 Å². The predicted octanol–water partition coefficient (Wildman–Crippen LogP) is 5.06. The molecule has 1 saturated heterocycles. The molecule has 4 amide bonds. The van der Waals surface area contributed by atoms with E-state index in [0.29, 0.717) is 30.5 Å². The number of aromatic nitrogens is 1. The summed E-state index contributed by atoms with van der Waals surface area (Å²) in [5.41, 5.74) is 3.22. The summed E-state index contributed by atoms with van der Waals surface area (Å²) in [5, 5.41) is 2.28. The second kappa shape index (κ2) is 10.4. The van der Waals surface area contributed by atoms with Crippen molar-refractivity contribution in [1.82, 2.24) is 9.88 Å². The number of ether oxygens (including phenoxy) is 1. The highest BCUT2D eigenvalue weighted by atomic mass is 16.5. The lowest BCUT2D eigenvalue weighted by Crippen LogP contribution is -2.54. The van der Waals surface area contributed by atoms with E-state index in [1.165, 1.54) is 6.08 Å². The van der Waals surface area contributed by atoms with Gasteiger partial charge in [0.1, 0.15) is 17.9 Å². The Balaban J connectivity index is 1.52. The molecule has 1 N–H and O–H groups in total. The maximum Gasteiger partial charge on any atom is 0.335 e. The monoisotopic (exact) mass is 471 g/mol. The van der Waals surface area contributed by atoms with Crippen molar-refractivity contribution in [3.63, 3.8) is 0 Å². The first-order chi connectivity index (χ1) is 16.9. The van der Waals surface area contributed by atoms with E-state index >= 15 is 0 Å². The molecule has 7 nitrogen and oxygen atoms in total. The van der Waals surface area contributed by atoms with Gasteiger partial charge in [-0.3, -0.25) is 14.9 Å². The molecule has 180 valence electrons. The summed E-state index contributed by atoms with van der Waals surface area (Å²) >= 11 is 0. The van der Waals surface area contributed by atoms with Crippen LogP contribution in [0.4, 0.5) is 10.5 Å². The van der Waals surface area contributed by atoms with Crippen LogP contribution in [0.5, 0.6) is 5.75 Å². The van der Waals surface area contributed by atoms with E-state index in [0.717, 1.165) is 28.2 Å². The molecule has 0 saturated carbocycles. The quantitative estimate of drug-likeness (QED) is 0.368. The van der Waals surface area contributed by atoms with Crippen molar-refractivity contribution < 1.29 is 19.1 Å². The van der Waals surface area contributed by atoms with Crippen molar-refractivity contribution >= 4 is 29.6 Å². The Hall–Kier alpha value is -4.13. The molecule has 0 unspecified atom stereocenters. The zero-order chi connectivity index (χ0) is 24.9. The highest BCUT2D eigenvalue weighted by molar-refractivity contribution is 6.39. The van der Waals surface area contributed by atoms with Crippen molar-refractivity contribution in [3.8, 4) is 5.75 Å². The minimum Gasteiger partial charge on any atom is -0.492 e. The molecule has 0 bridgehead atoms. The first kappa shape index (κ1) is 24.0. The van der Waals surface area contributed by atoms with Crippen molar-refractivity contribution in [2.45, 2.75) is 39.7 Å². The number of hydrogen-bond donors (Lipinski definition) is 1. The minimum absolute atomic E-state index is 0.102. The van der Waals surface area contributed by atoms with E-state index in [1.54, 1.807) is 12.1 Å². The van der Waals surface area contributed by atoms with Gasteiger partial charge < -0.3 is 9.30 Å². The number of urea groups is 1. The van der Waals surface area contributed by atoms with E-state index in [4.69, 9.17) is 4.74 Å². The molecule has 3 aromatic rings. The first-order valence-electron chi connectivity index (χ1n) is 11.7. The van der Waals surface area contributed by atoms with Crippen LogP contribution in [0.2, 0.25) is 0 Å². The van der Waals surface area contributed by atoms with E-state index < -0.39 is 17.8 Å². The van der Waals surface area contributed by atoms with Crippen molar-refractivity contribution in [2.24, 2.45) is 0 Å². The Morgan fingerprint density at radius 1 is 1.03 bits per heavy atom. The third-order valence-electron chi connectivity index (χ3n) is 6.18. The van der Waals surface area contributed by atoms with Crippen molar-refractivity contribution in [3.05, 3.63) is 89.3 Å². The minimum atomic E-state index is -0.754. The van der Waals surface area contributed by atoms with Crippen LogP contribution >= 0.6 is 0 Å². The number of carbonyl (C=O) groups is 3. The van der Waals surface area contributed by atoms with Crippen molar-refractivity contribution in [1.29, 1.82) is 0 Å². The molecule has 4 rings (SSSR count). The van der Waals surface area contributed by atoms with E-state index in [1.807, 2.05) is 66.2 Å². The van der Waals surface area contributed by atoms with Crippen molar-refractivity contribution in [2.75, 3.05) is 11.5 Å². The lowest BCUT2D eigenvalue weighted by atomic mass is 9.98. The lowest BCUT2D eigenvalue weighted by molar-refractivity contribution is -0.122. The molecule has 2 aromatic carbocycles. The van der Waals surface area contributed by atoms with Crippen LogP contribution in [0.15, 0.2) is 72.4 Å². The van der Waals surface area contributed by atoms with Gasteiger partial charge in [-0.2, -0.15) is 0 Å². The van der Waals surface area contributed by atoms with Gasteiger partial charge >= 0.3 is 6.03 Å². The second-order valence-electron chi connectivity index (χ2n) is 8.65. The number of carbonyl (C=O) groups excluding carboxylic acids is 3. The van der Waals surface area contributed by atoms with Gasteiger partial charge in [0, 0.05) is 11.9 Å². The number of aryl methyl sites for hydroxylation is 1. The maximum atomic E-state index is 13.2. The highest BCUT2D eigenvalue weighted by Crippen LogP contribution is 2.25. The molecule has 2 heterocycles. The standard InChI is InChI=1S/C28H29N3O4/c1-4-20(3)21-10-12-22(13-11-21)31-27(33)25(26(32)29-28(31)34)18-23-8-6-14-30(23)15-16-35-24-9-5-7-19(2)17-24/h5-14,17-18,20H,4,15-16H2,1-3H3,(H,29,32,34)/b25-18+/t20-/m1/s1. The second-order valence-corrected chi connectivity index (χ2v) is 8.65. The molecule has 0 radical (unpaired) electrons. The molecular weight excluding hydrogens is 442 g/mol. The van der Waals surface area contributed by atoms with E-state index in [2.05, 4.69) is 19.2 Å². The highest BCUT2D eigenvalue weighted by Gasteiger charge is 2.37. The summed E-state index contributed by atoms with van der Waals surface area (Å²) < 4.78 is 7.72. The molecule has 1 aliphatic heterocycles. The largest absolute Gasteiger partial charge is 0.492 e. The number of barbiturate groups is 1. The molecule has 1 aromatic heterocycles. The van der Waals surface area contributed by atoms with Crippen LogP contribution in [0.1, 0.15) is 43.0 Å². The Morgan fingerprint density at radius 3 is 2.51 bits per heavy atom. The Kier molecular flexibility index (Phi) is 7.15. The summed E-state index contributed by atoms with van der Waals surface area (Å²) in [6.45, 7) is 7.17. The molecule has 0 aliphatic carbocycles. The van der Waals surface area contributed by atoms with Gasteiger partial charge in [-0.15, -0.1) is 0 Å². The normalized spacial score (nSPS) is 15.9. The summed E-state index contributed by atoms with van der Waals surface area (Å²) in [4.78, 5) is 39.3. The summed E-state index contributed by atoms with van der Waals surface area (Å²) in [5.74, 6) is -0.211. The predicted molar refractivity (Wildman–Crippen MR) is 135 cm³/mol. The maximum absolute atomic E-state index is 13.2. The third-order valence-corrected chi connectivity index (χ3v) is 6.18. The number of nitrogens with zero attached hydrogens (tertiary/aromatic N) is 2. The summed E-state index contributed by atoms with van der Waals surface area (Å²) in [6.07, 6.45) is 4.35. The van der Waals surface area contributed by atoms with Gasteiger partial charge in [-0.1, -0.05) is 38.1 Å². The van der Waals surface area contributed by atoms with Crippen LogP contribution in [-0.4, -0.2) is 29.0 Å². The molecule has 0 spiro atoms. The fourth-order valence-electron chi connectivity index (χ4n) is 3.96. The SMILES string of the molecule is CC[C@@H](C)c1ccc(N2C(=O)NC(=O)/C(=C\c3cccn3CCOc3cccc(C)c3)C2=O)cc1. The van der Waals surface area contributed by atoms with Gasteiger partial charge in [0.15, 0.2) is 0 Å². The van der Waals surface area contributed by atoms with E-state index in [9.17, 15) is 14.4 Å². The van der Waals surface area contributed by atoms with Gasteiger partial charge in [-0.05, 0) is 72.9 Å². The molecule has 1 aliphatic rings. The molecule has 7 heteroatoms. The molecular formula is C28H29N3O4. The number of amides is 4. The van der Waals surface area contributed by atoms with E-state index in [-0.39, 0.29) is 5.57 Å².